The minimum absolute atomic E-state index is 0.0878. The highest BCUT2D eigenvalue weighted by molar-refractivity contribution is 5.56. The van der Waals surface area contributed by atoms with Crippen LogP contribution in [0.1, 0.15) is 29.3 Å². The number of nitrogens with zero attached hydrogens (tertiary/aromatic N) is 2. The summed E-state index contributed by atoms with van der Waals surface area (Å²) in [5.74, 6) is 0.755. The van der Waals surface area contributed by atoms with E-state index in [4.69, 9.17) is 4.74 Å². The van der Waals surface area contributed by atoms with Gasteiger partial charge in [0.25, 0.3) is 5.56 Å². The lowest BCUT2D eigenvalue weighted by atomic mass is 10.0. The first kappa shape index (κ1) is 21.9. The predicted octanol–water partition coefficient (Wildman–Crippen LogP) is 4.12. The normalized spacial score (nSPS) is 14.2. The number of fused-ring (bicyclic) bond motifs is 1. The summed E-state index contributed by atoms with van der Waals surface area (Å²) in [6, 6.07) is 9.86. The lowest BCUT2D eigenvalue weighted by molar-refractivity contribution is -0.137. The van der Waals surface area contributed by atoms with Gasteiger partial charge < -0.3 is 14.8 Å². The highest BCUT2D eigenvalue weighted by Gasteiger charge is 2.30. The quantitative estimate of drug-likeness (QED) is 0.618. The summed E-state index contributed by atoms with van der Waals surface area (Å²) in [6.45, 7) is 3.69. The molecule has 0 radical (unpaired) electrons. The van der Waals surface area contributed by atoms with Gasteiger partial charge in [-0.15, -0.1) is 0 Å². The molecule has 0 atom stereocenters. The van der Waals surface area contributed by atoms with Crippen LogP contribution in [0.2, 0.25) is 0 Å². The van der Waals surface area contributed by atoms with Gasteiger partial charge in [-0.1, -0.05) is 24.3 Å². The number of para-hydroxylation sites is 1. The maximum atomic E-state index is 12.8. The number of aromatic hydroxyl groups is 1. The first-order chi connectivity index (χ1) is 15.3. The molecule has 3 aromatic rings. The van der Waals surface area contributed by atoms with Gasteiger partial charge in [-0.25, -0.2) is 4.98 Å². The molecule has 0 amide bonds. The number of aromatic amines is 1. The Morgan fingerprint density at radius 1 is 1.19 bits per heavy atom. The molecule has 0 spiro atoms. The second-order valence-electron chi connectivity index (χ2n) is 7.57. The predicted molar refractivity (Wildman–Crippen MR) is 112 cm³/mol. The smallest absolute Gasteiger partial charge is 0.416 e. The van der Waals surface area contributed by atoms with Gasteiger partial charge in [-0.05, 0) is 25.1 Å². The molecule has 1 aliphatic heterocycles. The summed E-state index contributed by atoms with van der Waals surface area (Å²) in [6.07, 6.45) is -3.91. The average Bonchev–Trinajstić information content (AvgIpc) is 2.76. The second kappa shape index (κ2) is 8.66. The van der Waals surface area contributed by atoms with E-state index in [9.17, 15) is 23.1 Å². The lowest BCUT2D eigenvalue weighted by Crippen LogP contribution is -2.35. The SMILES string of the molecule is CCOc1cccc(CN2CCc3nc(-c4ccc(C(F)(F)F)cc4)[nH]c(=O)c3C2)c1O. The van der Waals surface area contributed by atoms with Gasteiger partial charge in [0, 0.05) is 37.2 Å². The fraction of sp³-hybridized carbons (Fsp3) is 0.304. The summed E-state index contributed by atoms with van der Waals surface area (Å²) < 4.78 is 43.8. The molecule has 0 unspecified atom stereocenters. The van der Waals surface area contributed by atoms with Crippen molar-refractivity contribution in [2.45, 2.75) is 32.6 Å². The number of halogens is 3. The van der Waals surface area contributed by atoms with E-state index in [0.717, 1.165) is 12.1 Å². The molecule has 0 saturated heterocycles. The van der Waals surface area contributed by atoms with E-state index >= 15 is 0 Å². The topological polar surface area (TPSA) is 78.5 Å². The maximum absolute atomic E-state index is 12.8. The van der Waals surface area contributed by atoms with Crippen molar-refractivity contribution in [1.82, 2.24) is 14.9 Å². The molecule has 0 saturated carbocycles. The van der Waals surface area contributed by atoms with Crippen LogP contribution in [0.5, 0.6) is 11.5 Å². The summed E-state index contributed by atoms with van der Waals surface area (Å²) in [7, 11) is 0. The Balaban J connectivity index is 1.54. The Hall–Kier alpha value is -3.33. The Morgan fingerprint density at radius 2 is 1.94 bits per heavy atom. The number of phenolic OH excluding ortho intramolecular Hbond substituents is 1. The Morgan fingerprint density at radius 3 is 2.62 bits per heavy atom. The monoisotopic (exact) mass is 445 g/mol. The zero-order valence-corrected chi connectivity index (χ0v) is 17.4. The van der Waals surface area contributed by atoms with Crippen LogP contribution < -0.4 is 10.3 Å². The van der Waals surface area contributed by atoms with Crippen molar-refractivity contribution in [1.29, 1.82) is 0 Å². The third-order valence-corrected chi connectivity index (χ3v) is 5.41. The van der Waals surface area contributed by atoms with Gasteiger partial charge in [0.15, 0.2) is 11.5 Å². The molecule has 32 heavy (non-hydrogen) atoms. The number of alkyl halides is 3. The van der Waals surface area contributed by atoms with E-state index in [-0.39, 0.29) is 17.1 Å². The van der Waals surface area contributed by atoms with Crippen LogP contribution in [0.4, 0.5) is 13.2 Å². The van der Waals surface area contributed by atoms with Crippen LogP contribution in [0.3, 0.4) is 0 Å². The highest BCUT2D eigenvalue weighted by Crippen LogP contribution is 2.32. The third kappa shape index (κ3) is 4.47. The largest absolute Gasteiger partial charge is 0.504 e. The van der Waals surface area contributed by atoms with Gasteiger partial charge in [-0.2, -0.15) is 13.2 Å². The molecule has 0 bridgehead atoms. The maximum Gasteiger partial charge on any atom is 0.416 e. The van der Waals surface area contributed by atoms with E-state index in [0.29, 0.717) is 60.8 Å². The molecular formula is C23H22F3N3O3. The number of hydrogen-bond acceptors (Lipinski definition) is 5. The molecule has 4 rings (SSSR count). The molecule has 1 aromatic heterocycles. The first-order valence-electron chi connectivity index (χ1n) is 10.2. The van der Waals surface area contributed by atoms with Crippen LogP contribution in [-0.2, 0) is 25.7 Å². The van der Waals surface area contributed by atoms with Gasteiger partial charge in [0.2, 0.25) is 0 Å². The number of benzene rings is 2. The summed E-state index contributed by atoms with van der Waals surface area (Å²) in [4.78, 5) is 21.9. The number of H-pyrrole nitrogens is 1. The van der Waals surface area contributed by atoms with Crippen molar-refractivity contribution in [2.24, 2.45) is 0 Å². The van der Waals surface area contributed by atoms with Crippen molar-refractivity contribution >= 4 is 0 Å². The number of nitrogens with one attached hydrogen (secondary N) is 1. The molecular weight excluding hydrogens is 423 g/mol. The van der Waals surface area contributed by atoms with Gasteiger partial charge >= 0.3 is 6.18 Å². The molecule has 9 heteroatoms. The molecule has 2 heterocycles. The van der Waals surface area contributed by atoms with E-state index in [1.807, 2.05) is 24.0 Å². The van der Waals surface area contributed by atoms with Crippen molar-refractivity contribution in [2.75, 3.05) is 13.2 Å². The third-order valence-electron chi connectivity index (χ3n) is 5.41. The molecule has 6 nitrogen and oxygen atoms in total. The Kier molecular flexibility index (Phi) is 5.92. The molecule has 168 valence electrons. The molecule has 2 N–H and O–H groups in total. The Bertz CT molecular complexity index is 1170. The summed E-state index contributed by atoms with van der Waals surface area (Å²) in [5, 5.41) is 10.4. The summed E-state index contributed by atoms with van der Waals surface area (Å²) in [5.41, 5.74) is 1.19. The molecule has 2 aromatic carbocycles. The van der Waals surface area contributed by atoms with Crippen molar-refractivity contribution in [3.63, 3.8) is 0 Å². The highest BCUT2D eigenvalue weighted by atomic mass is 19.4. The van der Waals surface area contributed by atoms with Crippen molar-refractivity contribution in [3.05, 3.63) is 75.2 Å². The second-order valence-corrected chi connectivity index (χ2v) is 7.57. The first-order valence-corrected chi connectivity index (χ1v) is 10.2. The molecule has 0 aliphatic carbocycles. The van der Waals surface area contributed by atoms with Gasteiger partial charge in [0.05, 0.1) is 23.4 Å². The standard InChI is InChI=1S/C23H22F3N3O3/c1-2-32-19-5-3-4-15(20(19)30)12-29-11-10-18-17(13-29)22(31)28-21(27-18)14-6-8-16(9-7-14)23(24,25)26/h3-9,30H,2,10-13H2,1H3,(H,27,28,31). The number of rotatable bonds is 5. The number of ether oxygens (including phenoxy) is 1. The fourth-order valence-electron chi connectivity index (χ4n) is 3.78. The van der Waals surface area contributed by atoms with Crippen LogP contribution >= 0.6 is 0 Å². The van der Waals surface area contributed by atoms with E-state index in [2.05, 4.69) is 9.97 Å². The van der Waals surface area contributed by atoms with Crippen molar-refractivity contribution < 1.29 is 23.0 Å². The number of phenols is 1. The van der Waals surface area contributed by atoms with Gasteiger partial charge in [-0.3, -0.25) is 9.69 Å². The lowest BCUT2D eigenvalue weighted by Gasteiger charge is -2.28. The molecule has 1 aliphatic rings. The van der Waals surface area contributed by atoms with Crippen LogP contribution in [0.25, 0.3) is 11.4 Å². The van der Waals surface area contributed by atoms with Gasteiger partial charge in [0.1, 0.15) is 5.82 Å². The van der Waals surface area contributed by atoms with Crippen LogP contribution in [0.15, 0.2) is 47.3 Å². The van der Waals surface area contributed by atoms with Crippen LogP contribution in [-0.4, -0.2) is 33.1 Å². The van der Waals surface area contributed by atoms with E-state index < -0.39 is 11.7 Å². The van der Waals surface area contributed by atoms with Crippen molar-refractivity contribution in [3.8, 4) is 22.9 Å². The number of hydrogen-bond donors (Lipinski definition) is 2. The zero-order chi connectivity index (χ0) is 22.9. The zero-order valence-electron chi connectivity index (χ0n) is 17.4. The average molecular weight is 445 g/mol. The minimum atomic E-state index is -4.42. The minimum Gasteiger partial charge on any atom is -0.504 e. The van der Waals surface area contributed by atoms with E-state index in [1.165, 1.54) is 12.1 Å². The fourth-order valence-corrected chi connectivity index (χ4v) is 3.78. The van der Waals surface area contributed by atoms with E-state index in [1.54, 1.807) is 6.07 Å². The molecule has 0 fully saturated rings. The Labute approximate surface area is 182 Å². The summed E-state index contributed by atoms with van der Waals surface area (Å²) >= 11 is 0. The van der Waals surface area contributed by atoms with Crippen LogP contribution in [0, 0.1) is 0 Å². The number of aromatic nitrogens is 2.